The Bertz CT molecular complexity index is 831. The van der Waals surface area contributed by atoms with E-state index >= 15 is 0 Å². The molecule has 0 aliphatic carbocycles. The highest BCUT2D eigenvalue weighted by atomic mass is 16.5. The van der Waals surface area contributed by atoms with Gasteiger partial charge in [0.1, 0.15) is 34.9 Å². The fourth-order valence-electron chi connectivity index (χ4n) is 3.68. The Labute approximate surface area is 144 Å². The van der Waals surface area contributed by atoms with E-state index in [1.54, 1.807) is 25.1 Å². The fraction of sp³-hybridized carbons (Fsp3) is 0.368. The maximum Gasteiger partial charge on any atom is 0.134 e. The number of aromatic hydroxyl groups is 3. The Morgan fingerprint density at radius 1 is 1.08 bits per heavy atom. The second kappa shape index (κ2) is 5.74. The van der Waals surface area contributed by atoms with Crippen molar-refractivity contribution in [1.29, 1.82) is 0 Å². The van der Waals surface area contributed by atoms with Crippen LogP contribution in [0.5, 0.6) is 28.7 Å². The number of aliphatic hydroxyl groups is 1. The lowest BCUT2D eigenvalue weighted by Gasteiger charge is -2.34. The van der Waals surface area contributed by atoms with Crippen LogP contribution < -0.4 is 9.47 Å². The summed E-state index contributed by atoms with van der Waals surface area (Å²) in [6.45, 7) is 2.20. The van der Waals surface area contributed by atoms with E-state index in [4.69, 9.17) is 9.47 Å². The van der Waals surface area contributed by atoms with E-state index in [2.05, 4.69) is 0 Å². The van der Waals surface area contributed by atoms with Crippen molar-refractivity contribution < 1.29 is 29.9 Å². The Hall–Kier alpha value is -2.60. The highest BCUT2D eigenvalue weighted by Gasteiger charge is 2.35. The molecule has 2 aromatic carbocycles. The summed E-state index contributed by atoms with van der Waals surface area (Å²) in [7, 11) is 0. The molecule has 0 saturated heterocycles. The topological polar surface area (TPSA) is 99.4 Å². The molecule has 6 heteroatoms. The molecule has 4 rings (SSSR count). The SMILES string of the molecule is CC1Oc2c(c(O)cc(O)c2[C@@H]2CCOc3cc(O)ccc32)C[C@@H]1O. The van der Waals surface area contributed by atoms with Crippen molar-refractivity contribution in [2.75, 3.05) is 6.61 Å². The molecule has 0 bridgehead atoms. The summed E-state index contributed by atoms with van der Waals surface area (Å²) in [6, 6.07) is 6.21. The van der Waals surface area contributed by atoms with Crippen LogP contribution in [0.1, 0.15) is 36.0 Å². The summed E-state index contributed by atoms with van der Waals surface area (Å²) < 4.78 is 11.5. The first-order valence-corrected chi connectivity index (χ1v) is 8.34. The smallest absolute Gasteiger partial charge is 0.134 e. The Morgan fingerprint density at radius 2 is 1.88 bits per heavy atom. The minimum Gasteiger partial charge on any atom is -0.508 e. The van der Waals surface area contributed by atoms with E-state index in [0.29, 0.717) is 35.7 Å². The average molecular weight is 344 g/mol. The number of fused-ring (bicyclic) bond motifs is 2. The molecule has 2 heterocycles. The molecule has 2 aromatic rings. The molecule has 2 aliphatic rings. The highest BCUT2D eigenvalue weighted by Crippen LogP contribution is 2.50. The Kier molecular flexibility index (Phi) is 3.65. The van der Waals surface area contributed by atoms with Crippen LogP contribution >= 0.6 is 0 Å². The molecule has 4 N–H and O–H groups in total. The van der Waals surface area contributed by atoms with Gasteiger partial charge in [0.15, 0.2) is 0 Å². The van der Waals surface area contributed by atoms with Crippen molar-refractivity contribution >= 4 is 0 Å². The van der Waals surface area contributed by atoms with Gasteiger partial charge >= 0.3 is 0 Å². The standard InChI is InChI=1S/C19H20O6/c1-9-14(21)7-13-15(22)8-16(23)18(19(13)25-9)12-4-5-24-17-6-10(20)2-3-11(12)17/h2-3,6,8-9,12,14,20-23H,4-5,7H2,1H3/t9?,12-,14+/m1/s1. The van der Waals surface area contributed by atoms with Crippen LogP contribution in [0.3, 0.4) is 0 Å². The van der Waals surface area contributed by atoms with Crippen LogP contribution in [0.2, 0.25) is 0 Å². The molecule has 2 aliphatic heterocycles. The lowest BCUT2D eigenvalue weighted by atomic mass is 9.83. The van der Waals surface area contributed by atoms with Gasteiger partial charge in [-0.3, -0.25) is 0 Å². The number of benzene rings is 2. The van der Waals surface area contributed by atoms with Crippen molar-refractivity contribution in [3.05, 3.63) is 41.0 Å². The summed E-state index contributed by atoms with van der Waals surface area (Å²) in [5, 5.41) is 40.5. The van der Waals surface area contributed by atoms with Gasteiger partial charge in [-0.25, -0.2) is 0 Å². The maximum atomic E-state index is 10.5. The third-order valence-electron chi connectivity index (χ3n) is 5.02. The number of rotatable bonds is 1. The maximum absolute atomic E-state index is 10.5. The van der Waals surface area contributed by atoms with Crippen molar-refractivity contribution in [1.82, 2.24) is 0 Å². The van der Waals surface area contributed by atoms with Crippen molar-refractivity contribution in [3.63, 3.8) is 0 Å². The molecule has 132 valence electrons. The molecule has 0 radical (unpaired) electrons. The highest BCUT2D eigenvalue weighted by molar-refractivity contribution is 5.62. The molecular formula is C19H20O6. The van der Waals surface area contributed by atoms with E-state index in [-0.39, 0.29) is 29.6 Å². The van der Waals surface area contributed by atoms with Crippen molar-refractivity contribution in [3.8, 4) is 28.7 Å². The quantitative estimate of drug-likeness (QED) is 0.634. The van der Waals surface area contributed by atoms with Gasteiger partial charge in [-0.2, -0.15) is 0 Å². The van der Waals surface area contributed by atoms with E-state index in [1.807, 2.05) is 0 Å². The van der Waals surface area contributed by atoms with Crippen LogP contribution in [-0.2, 0) is 6.42 Å². The molecule has 6 nitrogen and oxygen atoms in total. The molecule has 25 heavy (non-hydrogen) atoms. The van der Waals surface area contributed by atoms with E-state index < -0.39 is 12.2 Å². The summed E-state index contributed by atoms with van der Waals surface area (Å²) in [5.41, 5.74) is 1.93. The number of aliphatic hydroxyl groups excluding tert-OH is 1. The molecular weight excluding hydrogens is 324 g/mol. The van der Waals surface area contributed by atoms with E-state index in [0.717, 1.165) is 5.56 Å². The molecule has 1 unspecified atom stereocenters. The molecule has 0 fully saturated rings. The third-order valence-corrected chi connectivity index (χ3v) is 5.02. The first-order valence-electron chi connectivity index (χ1n) is 8.34. The van der Waals surface area contributed by atoms with E-state index in [1.165, 1.54) is 6.07 Å². The molecule has 0 aromatic heterocycles. The zero-order chi connectivity index (χ0) is 17.7. The van der Waals surface area contributed by atoms with Crippen molar-refractivity contribution in [2.24, 2.45) is 0 Å². The van der Waals surface area contributed by atoms with Gasteiger partial charge in [-0.15, -0.1) is 0 Å². The van der Waals surface area contributed by atoms with Crippen LogP contribution in [0.25, 0.3) is 0 Å². The van der Waals surface area contributed by atoms with Crippen LogP contribution in [0.4, 0.5) is 0 Å². The lowest BCUT2D eigenvalue weighted by Crippen LogP contribution is -2.35. The number of phenolic OH excluding ortho intramolecular Hbond substituents is 3. The number of ether oxygens (including phenoxy) is 2. The van der Waals surface area contributed by atoms with Crippen LogP contribution in [0.15, 0.2) is 24.3 Å². The van der Waals surface area contributed by atoms with Crippen molar-refractivity contribution in [2.45, 2.75) is 37.9 Å². The van der Waals surface area contributed by atoms with Gasteiger partial charge in [0.05, 0.1) is 12.7 Å². The van der Waals surface area contributed by atoms with Gasteiger partial charge < -0.3 is 29.9 Å². The molecule has 3 atom stereocenters. The monoisotopic (exact) mass is 344 g/mol. The predicted octanol–water partition coefficient (Wildman–Crippen LogP) is 2.40. The van der Waals surface area contributed by atoms with Crippen LogP contribution in [0, 0.1) is 0 Å². The van der Waals surface area contributed by atoms with Gasteiger partial charge in [0.25, 0.3) is 0 Å². The molecule has 0 amide bonds. The number of phenols is 3. The second-order valence-corrected chi connectivity index (χ2v) is 6.64. The van der Waals surface area contributed by atoms with Gasteiger partial charge in [0, 0.05) is 41.2 Å². The van der Waals surface area contributed by atoms with E-state index in [9.17, 15) is 20.4 Å². The third kappa shape index (κ3) is 2.53. The number of hydrogen-bond donors (Lipinski definition) is 4. The summed E-state index contributed by atoms with van der Waals surface area (Å²) in [5.74, 6) is 0.791. The fourth-order valence-corrected chi connectivity index (χ4v) is 3.68. The Balaban J connectivity index is 1.89. The largest absolute Gasteiger partial charge is 0.508 e. The summed E-state index contributed by atoms with van der Waals surface area (Å²) >= 11 is 0. The summed E-state index contributed by atoms with van der Waals surface area (Å²) in [4.78, 5) is 0. The zero-order valence-corrected chi connectivity index (χ0v) is 13.8. The Morgan fingerprint density at radius 3 is 2.68 bits per heavy atom. The minimum absolute atomic E-state index is 0.0502. The first kappa shape index (κ1) is 15.9. The van der Waals surface area contributed by atoms with Gasteiger partial charge in [-0.05, 0) is 19.4 Å². The lowest BCUT2D eigenvalue weighted by molar-refractivity contribution is 0.0308. The molecule has 0 saturated carbocycles. The van der Waals surface area contributed by atoms with Crippen LogP contribution in [-0.4, -0.2) is 39.2 Å². The second-order valence-electron chi connectivity index (χ2n) is 6.64. The zero-order valence-electron chi connectivity index (χ0n) is 13.8. The minimum atomic E-state index is -0.713. The predicted molar refractivity (Wildman–Crippen MR) is 89.6 cm³/mol. The summed E-state index contributed by atoms with van der Waals surface area (Å²) in [6.07, 6.45) is -0.259. The van der Waals surface area contributed by atoms with Gasteiger partial charge in [-0.1, -0.05) is 6.07 Å². The normalized spacial score (nSPS) is 24.6. The molecule has 0 spiro atoms. The van der Waals surface area contributed by atoms with Gasteiger partial charge in [0.2, 0.25) is 0 Å². The first-order chi connectivity index (χ1) is 12.0. The number of hydrogen-bond acceptors (Lipinski definition) is 6. The average Bonchev–Trinajstić information content (AvgIpc) is 2.56.